The molecular formula is C28H49NO4S. The summed E-state index contributed by atoms with van der Waals surface area (Å²) in [4.78, 5) is 12.1. The van der Waals surface area contributed by atoms with Crippen molar-refractivity contribution in [3.05, 3.63) is 29.8 Å². The standard InChI is InChI=1S/C28H49NO4S/c1-3-4-5-6-7-8-9-10-11-12-13-14-15-16-17-19-28(30)29-24-18-25-33-34(31,32)27-22-20-26(2)21-23-27/h20-23H,3-19,24-25H2,1-2H3,(H,29,30). The predicted molar refractivity (Wildman–Crippen MR) is 141 cm³/mol. The fraction of sp³-hybridized carbons (Fsp3) is 0.750. The molecule has 196 valence electrons. The van der Waals surface area contributed by atoms with Crippen molar-refractivity contribution in [2.45, 2.75) is 128 Å². The zero-order valence-corrected chi connectivity index (χ0v) is 22.6. The lowest BCUT2D eigenvalue weighted by molar-refractivity contribution is -0.121. The first kappa shape index (κ1) is 30.6. The number of carbonyl (C=O) groups is 1. The maximum atomic E-state index is 12.1. The van der Waals surface area contributed by atoms with E-state index < -0.39 is 10.1 Å². The van der Waals surface area contributed by atoms with E-state index in [-0.39, 0.29) is 17.4 Å². The molecule has 1 aromatic rings. The monoisotopic (exact) mass is 495 g/mol. The minimum absolute atomic E-state index is 0.0380. The largest absolute Gasteiger partial charge is 0.356 e. The van der Waals surface area contributed by atoms with E-state index >= 15 is 0 Å². The summed E-state index contributed by atoms with van der Waals surface area (Å²) in [6, 6.07) is 6.58. The van der Waals surface area contributed by atoms with Crippen LogP contribution in [0, 0.1) is 6.92 Å². The van der Waals surface area contributed by atoms with Crippen molar-refractivity contribution in [2.75, 3.05) is 13.2 Å². The van der Waals surface area contributed by atoms with E-state index in [1.54, 1.807) is 24.3 Å². The van der Waals surface area contributed by atoms with Gasteiger partial charge in [0.05, 0.1) is 11.5 Å². The Morgan fingerprint density at radius 2 is 1.21 bits per heavy atom. The molecule has 0 radical (unpaired) electrons. The third-order valence-corrected chi connectivity index (χ3v) is 7.53. The summed E-state index contributed by atoms with van der Waals surface area (Å²) in [5.74, 6) is 0.0380. The van der Waals surface area contributed by atoms with Gasteiger partial charge in [-0.15, -0.1) is 0 Å². The van der Waals surface area contributed by atoms with Crippen molar-refractivity contribution >= 4 is 16.0 Å². The van der Waals surface area contributed by atoms with E-state index in [1.165, 1.54) is 83.5 Å². The van der Waals surface area contributed by atoms with Gasteiger partial charge >= 0.3 is 0 Å². The van der Waals surface area contributed by atoms with Gasteiger partial charge in [-0.05, 0) is 31.9 Å². The van der Waals surface area contributed by atoms with Crippen LogP contribution < -0.4 is 5.32 Å². The summed E-state index contributed by atoms with van der Waals surface area (Å²) in [6.07, 6.45) is 20.7. The zero-order chi connectivity index (χ0) is 24.9. The summed E-state index contributed by atoms with van der Waals surface area (Å²) >= 11 is 0. The number of amides is 1. The van der Waals surface area contributed by atoms with Crippen LogP contribution in [0.1, 0.15) is 122 Å². The highest BCUT2D eigenvalue weighted by Crippen LogP contribution is 2.14. The first-order chi connectivity index (χ1) is 16.5. The molecule has 0 bridgehead atoms. The second kappa shape index (κ2) is 19.9. The van der Waals surface area contributed by atoms with E-state index in [4.69, 9.17) is 4.18 Å². The topological polar surface area (TPSA) is 72.5 Å². The van der Waals surface area contributed by atoms with Gasteiger partial charge in [0.25, 0.3) is 10.1 Å². The van der Waals surface area contributed by atoms with Crippen LogP contribution in [0.4, 0.5) is 0 Å². The molecule has 5 nitrogen and oxygen atoms in total. The van der Waals surface area contributed by atoms with E-state index in [0.717, 1.165) is 18.4 Å². The average molecular weight is 496 g/mol. The highest BCUT2D eigenvalue weighted by atomic mass is 32.2. The van der Waals surface area contributed by atoms with Gasteiger partial charge in [-0.1, -0.05) is 115 Å². The SMILES string of the molecule is CCCCCCCCCCCCCCCCCC(=O)NCCCOS(=O)(=O)c1ccc(C)cc1. The third kappa shape index (κ3) is 16.3. The van der Waals surface area contributed by atoms with Gasteiger partial charge in [-0.3, -0.25) is 8.98 Å². The molecule has 0 saturated heterocycles. The Bertz CT molecular complexity index is 731. The normalized spacial score (nSPS) is 11.6. The van der Waals surface area contributed by atoms with E-state index in [1.807, 2.05) is 6.92 Å². The zero-order valence-electron chi connectivity index (χ0n) is 21.8. The molecule has 0 saturated carbocycles. The van der Waals surface area contributed by atoms with E-state index in [0.29, 0.717) is 19.4 Å². The lowest BCUT2D eigenvalue weighted by atomic mass is 10.0. The number of unbranched alkanes of at least 4 members (excludes halogenated alkanes) is 14. The third-order valence-electron chi connectivity index (χ3n) is 6.20. The number of hydrogen-bond acceptors (Lipinski definition) is 4. The lowest BCUT2D eigenvalue weighted by Gasteiger charge is -2.07. The first-order valence-corrected chi connectivity index (χ1v) is 15.1. The van der Waals surface area contributed by atoms with Crippen molar-refractivity contribution in [1.82, 2.24) is 5.32 Å². The maximum Gasteiger partial charge on any atom is 0.296 e. The molecule has 0 spiro atoms. The molecule has 0 fully saturated rings. The van der Waals surface area contributed by atoms with Crippen molar-refractivity contribution in [3.63, 3.8) is 0 Å². The fourth-order valence-corrected chi connectivity index (χ4v) is 4.93. The molecule has 34 heavy (non-hydrogen) atoms. The molecule has 0 heterocycles. The molecule has 1 rings (SSSR count). The highest BCUT2D eigenvalue weighted by molar-refractivity contribution is 7.86. The van der Waals surface area contributed by atoms with Crippen LogP contribution in [-0.4, -0.2) is 27.5 Å². The fourth-order valence-electron chi connectivity index (χ4n) is 3.99. The van der Waals surface area contributed by atoms with Crippen LogP contribution in [0.3, 0.4) is 0 Å². The molecule has 0 unspecified atom stereocenters. The summed E-state index contributed by atoms with van der Waals surface area (Å²) in [5, 5.41) is 2.85. The maximum absolute atomic E-state index is 12.1. The molecule has 0 aliphatic carbocycles. The van der Waals surface area contributed by atoms with Crippen molar-refractivity contribution in [2.24, 2.45) is 0 Å². The second-order valence-electron chi connectivity index (χ2n) is 9.49. The number of aryl methyl sites for hydroxylation is 1. The molecule has 0 aliphatic rings. The summed E-state index contributed by atoms with van der Waals surface area (Å²) in [6.45, 7) is 4.67. The summed E-state index contributed by atoms with van der Waals surface area (Å²) in [5.41, 5.74) is 0.996. The lowest BCUT2D eigenvalue weighted by Crippen LogP contribution is -2.25. The van der Waals surface area contributed by atoms with Gasteiger partial charge in [-0.2, -0.15) is 8.42 Å². The smallest absolute Gasteiger partial charge is 0.296 e. The Balaban J connectivity index is 1.87. The van der Waals surface area contributed by atoms with Crippen LogP contribution in [-0.2, 0) is 19.1 Å². The minimum Gasteiger partial charge on any atom is -0.356 e. The molecule has 0 aliphatic heterocycles. The highest BCUT2D eigenvalue weighted by Gasteiger charge is 2.14. The van der Waals surface area contributed by atoms with Gasteiger partial charge in [0.15, 0.2) is 0 Å². The minimum atomic E-state index is -3.73. The second-order valence-corrected chi connectivity index (χ2v) is 11.1. The van der Waals surface area contributed by atoms with Crippen molar-refractivity contribution in [3.8, 4) is 0 Å². The number of hydrogen-bond donors (Lipinski definition) is 1. The predicted octanol–water partition coefficient (Wildman–Crippen LogP) is 7.47. The Morgan fingerprint density at radius 1 is 0.735 bits per heavy atom. The Morgan fingerprint density at radius 3 is 1.71 bits per heavy atom. The molecule has 0 aromatic heterocycles. The molecule has 6 heteroatoms. The molecule has 1 N–H and O–H groups in total. The molecule has 1 aromatic carbocycles. The Hall–Kier alpha value is -1.40. The summed E-state index contributed by atoms with van der Waals surface area (Å²) in [7, 11) is -3.73. The summed E-state index contributed by atoms with van der Waals surface area (Å²) < 4.78 is 29.2. The molecule has 0 atom stereocenters. The van der Waals surface area contributed by atoms with Gasteiger partial charge in [-0.25, -0.2) is 0 Å². The van der Waals surface area contributed by atoms with Crippen molar-refractivity contribution < 1.29 is 17.4 Å². The van der Waals surface area contributed by atoms with E-state index in [9.17, 15) is 13.2 Å². The van der Waals surface area contributed by atoms with Crippen molar-refractivity contribution in [1.29, 1.82) is 0 Å². The van der Waals surface area contributed by atoms with Crippen LogP contribution in [0.25, 0.3) is 0 Å². The molecule has 1 amide bonds. The molecular weight excluding hydrogens is 446 g/mol. The Kier molecular flexibility index (Phi) is 17.9. The number of carbonyl (C=O) groups excluding carboxylic acids is 1. The van der Waals surface area contributed by atoms with Gasteiger partial charge < -0.3 is 5.32 Å². The Labute approximate surface area is 209 Å². The van der Waals surface area contributed by atoms with Crippen LogP contribution in [0.15, 0.2) is 29.2 Å². The van der Waals surface area contributed by atoms with Crippen LogP contribution in [0.5, 0.6) is 0 Å². The van der Waals surface area contributed by atoms with E-state index in [2.05, 4.69) is 12.2 Å². The van der Waals surface area contributed by atoms with Crippen LogP contribution in [0.2, 0.25) is 0 Å². The van der Waals surface area contributed by atoms with Gasteiger partial charge in [0, 0.05) is 13.0 Å². The first-order valence-electron chi connectivity index (χ1n) is 13.7. The van der Waals surface area contributed by atoms with Gasteiger partial charge in [0.1, 0.15) is 0 Å². The van der Waals surface area contributed by atoms with Crippen LogP contribution >= 0.6 is 0 Å². The number of benzene rings is 1. The number of rotatable bonds is 22. The average Bonchev–Trinajstić information content (AvgIpc) is 2.81. The quantitative estimate of drug-likeness (QED) is 0.134. The van der Waals surface area contributed by atoms with Gasteiger partial charge in [0.2, 0.25) is 5.91 Å². The number of nitrogens with one attached hydrogen (secondary N) is 1.